The van der Waals surface area contributed by atoms with E-state index in [0.717, 1.165) is 21.1 Å². The van der Waals surface area contributed by atoms with Gasteiger partial charge in [-0.25, -0.2) is 4.72 Å². The van der Waals surface area contributed by atoms with Crippen LogP contribution in [-0.2, 0) is 15.0 Å². The van der Waals surface area contributed by atoms with Crippen molar-refractivity contribution in [1.82, 2.24) is 9.03 Å². The van der Waals surface area contributed by atoms with E-state index in [1.807, 2.05) is 32.0 Å². The number of anilines is 1. The van der Waals surface area contributed by atoms with Gasteiger partial charge in [-0.15, -0.1) is 0 Å². The molecular weight excluding hydrogens is 290 g/mol. The number of nitrogens with zero attached hydrogens (tertiary/aromatic N) is 2. The first-order chi connectivity index (χ1) is 9.66. The lowest BCUT2D eigenvalue weighted by molar-refractivity contribution is -0.116. The van der Waals surface area contributed by atoms with Gasteiger partial charge in [0.15, 0.2) is 0 Å². The quantitative estimate of drug-likeness (QED) is 0.853. The van der Waals surface area contributed by atoms with E-state index in [-0.39, 0.29) is 19.0 Å². The van der Waals surface area contributed by atoms with Crippen LogP contribution in [0.1, 0.15) is 18.1 Å². The van der Waals surface area contributed by atoms with Gasteiger partial charge in [0, 0.05) is 39.8 Å². The highest BCUT2D eigenvalue weighted by Crippen LogP contribution is 2.22. The van der Waals surface area contributed by atoms with Gasteiger partial charge in [0.05, 0.1) is 0 Å². The summed E-state index contributed by atoms with van der Waals surface area (Å²) < 4.78 is 26.9. The third kappa shape index (κ3) is 4.52. The molecule has 118 valence electrons. The highest BCUT2D eigenvalue weighted by atomic mass is 32.2. The van der Waals surface area contributed by atoms with Crippen LogP contribution >= 0.6 is 0 Å². The maximum absolute atomic E-state index is 11.8. The summed E-state index contributed by atoms with van der Waals surface area (Å²) in [5.41, 5.74) is 2.92. The van der Waals surface area contributed by atoms with Gasteiger partial charge in [-0.3, -0.25) is 4.79 Å². The molecule has 1 N–H and O–H groups in total. The summed E-state index contributed by atoms with van der Waals surface area (Å²) in [5, 5.41) is 0. The number of carbonyl (C=O) groups excluding carboxylic acids is 1. The Morgan fingerprint density at radius 3 is 2.38 bits per heavy atom. The Kier molecular flexibility index (Phi) is 5.88. The fourth-order valence-electron chi connectivity index (χ4n) is 1.89. The van der Waals surface area contributed by atoms with E-state index in [1.165, 1.54) is 21.0 Å². The van der Waals surface area contributed by atoms with Gasteiger partial charge in [-0.1, -0.05) is 12.1 Å². The number of amides is 1. The van der Waals surface area contributed by atoms with E-state index in [0.29, 0.717) is 0 Å². The van der Waals surface area contributed by atoms with Crippen LogP contribution in [-0.4, -0.2) is 45.8 Å². The molecule has 0 radical (unpaired) electrons. The first-order valence-electron chi connectivity index (χ1n) is 6.68. The number of benzene rings is 1. The second-order valence-electron chi connectivity index (χ2n) is 5.07. The van der Waals surface area contributed by atoms with Crippen LogP contribution in [0, 0.1) is 13.8 Å². The average Bonchev–Trinajstić information content (AvgIpc) is 2.38. The maximum atomic E-state index is 11.8. The minimum absolute atomic E-state index is 0.118. The molecule has 1 rings (SSSR count). The lowest BCUT2D eigenvalue weighted by Gasteiger charge is -2.24. The standard InChI is InChI=1S/C14H23N3O3S/c1-11-7-6-8-14(12(11)2)17(13(3)18)10-9-15-21(19,20)16(4)5/h6-8,15H,9-10H2,1-5H3. The van der Waals surface area contributed by atoms with Gasteiger partial charge in [0.2, 0.25) is 5.91 Å². The van der Waals surface area contributed by atoms with E-state index in [9.17, 15) is 13.2 Å². The summed E-state index contributed by atoms with van der Waals surface area (Å²) >= 11 is 0. The Labute approximate surface area is 126 Å². The molecule has 0 saturated heterocycles. The molecule has 0 saturated carbocycles. The van der Waals surface area contributed by atoms with Crippen molar-refractivity contribution in [1.29, 1.82) is 0 Å². The normalized spacial score (nSPS) is 11.7. The molecule has 1 aromatic rings. The highest BCUT2D eigenvalue weighted by molar-refractivity contribution is 7.87. The second kappa shape index (κ2) is 7.02. The molecule has 0 aliphatic rings. The van der Waals surface area contributed by atoms with Gasteiger partial charge in [0.25, 0.3) is 10.2 Å². The average molecular weight is 313 g/mol. The fourth-order valence-corrected chi connectivity index (χ4v) is 2.50. The molecule has 0 aromatic heterocycles. The number of carbonyl (C=O) groups is 1. The van der Waals surface area contributed by atoms with Gasteiger partial charge < -0.3 is 4.90 Å². The summed E-state index contributed by atoms with van der Waals surface area (Å²) in [5.74, 6) is -0.118. The molecule has 0 heterocycles. The maximum Gasteiger partial charge on any atom is 0.278 e. The number of hydrogen-bond acceptors (Lipinski definition) is 3. The van der Waals surface area contributed by atoms with Gasteiger partial charge in [-0.05, 0) is 31.0 Å². The van der Waals surface area contributed by atoms with Crippen molar-refractivity contribution in [3.05, 3.63) is 29.3 Å². The van der Waals surface area contributed by atoms with Crippen LogP contribution in [0.4, 0.5) is 5.69 Å². The fraction of sp³-hybridized carbons (Fsp3) is 0.500. The van der Waals surface area contributed by atoms with Gasteiger partial charge in [0.1, 0.15) is 0 Å². The largest absolute Gasteiger partial charge is 0.311 e. The van der Waals surface area contributed by atoms with Crippen molar-refractivity contribution in [2.45, 2.75) is 20.8 Å². The van der Waals surface area contributed by atoms with Crippen LogP contribution in [0.25, 0.3) is 0 Å². The van der Waals surface area contributed by atoms with E-state index >= 15 is 0 Å². The SMILES string of the molecule is CC(=O)N(CCNS(=O)(=O)N(C)C)c1cccc(C)c1C. The summed E-state index contributed by atoms with van der Waals surface area (Å²) in [7, 11) is -0.566. The van der Waals surface area contributed by atoms with Crippen molar-refractivity contribution in [2.24, 2.45) is 0 Å². The van der Waals surface area contributed by atoms with Crippen molar-refractivity contribution in [3.63, 3.8) is 0 Å². The molecule has 0 spiro atoms. The monoisotopic (exact) mass is 313 g/mol. The molecular formula is C14H23N3O3S. The summed E-state index contributed by atoms with van der Waals surface area (Å²) in [4.78, 5) is 13.4. The minimum atomic E-state index is -3.47. The third-order valence-corrected chi connectivity index (χ3v) is 4.88. The van der Waals surface area contributed by atoms with Crippen LogP contribution in [0.3, 0.4) is 0 Å². The zero-order valence-electron chi connectivity index (χ0n) is 13.2. The van der Waals surface area contributed by atoms with Gasteiger partial charge >= 0.3 is 0 Å². The molecule has 1 aromatic carbocycles. The molecule has 0 bridgehead atoms. The summed E-state index contributed by atoms with van der Waals surface area (Å²) in [6.07, 6.45) is 0. The number of hydrogen-bond donors (Lipinski definition) is 1. The topological polar surface area (TPSA) is 69.7 Å². The predicted molar refractivity (Wildman–Crippen MR) is 84.6 cm³/mol. The van der Waals surface area contributed by atoms with Crippen LogP contribution in [0.15, 0.2) is 18.2 Å². The Hall–Kier alpha value is -1.44. The predicted octanol–water partition coefficient (Wildman–Crippen LogP) is 1.05. The molecule has 0 fully saturated rings. The van der Waals surface area contributed by atoms with Crippen molar-refractivity contribution >= 4 is 21.8 Å². The molecule has 1 amide bonds. The Bertz CT molecular complexity index is 612. The summed E-state index contributed by atoms with van der Waals surface area (Å²) in [6.45, 7) is 5.85. The van der Waals surface area contributed by atoms with E-state index < -0.39 is 10.2 Å². The first-order valence-corrected chi connectivity index (χ1v) is 8.12. The minimum Gasteiger partial charge on any atom is -0.311 e. The Morgan fingerprint density at radius 2 is 1.86 bits per heavy atom. The number of aryl methyl sites for hydroxylation is 1. The highest BCUT2D eigenvalue weighted by Gasteiger charge is 2.17. The number of rotatable bonds is 6. The second-order valence-corrected chi connectivity index (χ2v) is 7.04. The van der Waals surface area contributed by atoms with E-state index in [1.54, 1.807) is 4.90 Å². The lowest BCUT2D eigenvalue weighted by Crippen LogP contribution is -2.41. The number of nitrogens with one attached hydrogen (secondary N) is 1. The van der Waals surface area contributed by atoms with Crippen molar-refractivity contribution in [3.8, 4) is 0 Å². The van der Waals surface area contributed by atoms with Gasteiger partial charge in [-0.2, -0.15) is 12.7 Å². The van der Waals surface area contributed by atoms with Crippen molar-refractivity contribution in [2.75, 3.05) is 32.1 Å². The molecule has 0 unspecified atom stereocenters. The first kappa shape index (κ1) is 17.6. The molecule has 0 atom stereocenters. The zero-order valence-corrected chi connectivity index (χ0v) is 14.0. The van der Waals surface area contributed by atoms with E-state index in [2.05, 4.69) is 4.72 Å². The van der Waals surface area contributed by atoms with E-state index in [4.69, 9.17) is 0 Å². The van der Waals surface area contributed by atoms with Crippen LogP contribution < -0.4 is 9.62 Å². The van der Waals surface area contributed by atoms with Crippen LogP contribution in [0.5, 0.6) is 0 Å². The lowest BCUT2D eigenvalue weighted by atomic mass is 10.1. The smallest absolute Gasteiger partial charge is 0.278 e. The molecule has 6 nitrogen and oxygen atoms in total. The van der Waals surface area contributed by atoms with Crippen molar-refractivity contribution < 1.29 is 13.2 Å². The third-order valence-electron chi connectivity index (χ3n) is 3.35. The molecule has 0 aliphatic heterocycles. The Morgan fingerprint density at radius 1 is 1.24 bits per heavy atom. The molecule has 7 heteroatoms. The Balaban J connectivity index is 2.86. The molecule has 21 heavy (non-hydrogen) atoms. The zero-order chi connectivity index (χ0) is 16.2. The molecule has 0 aliphatic carbocycles. The summed E-state index contributed by atoms with van der Waals surface area (Å²) in [6, 6.07) is 5.73. The van der Waals surface area contributed by atoms with Crippen LogP contribution in [0.2, 0.25) is 0 Å².